The molecular weight excluding hydrogens is 191 g/mol. The molecule has 0 saturated heterocycles. The normalized spacial score (nSPS) is 14.5. The molecule has 0 spiro atoms. The molecule has 0 radical (unpaired) electrons. The van der Waals surface area contributed by atoms with Crippen molar-refractivity contribution < 1.29 is 18.3 Å². The monoisotopic (exact) mass is 210 g/mol. The van der Waals surface area contributed by atoms with Crippen LogP contribution in [0, 0.1) is 0 Å². The fraction of sp³-hybridized carbons (Fsp3) is 1.00. The van der Waals surface area contributed by atoms with Crippen LogP contribution in [0.4, 0.5) is 0 Å². The average molecular weight is 210 g/mol. The molecule has 1 unspecified atom stereocenters. The van der Waals surface area contributed by atoms with Crippen LogP contribution in [0.1, 0.15) is 20.8 Å². The van der Waals surface area contributed by atoms with E-state index in [1.54, 1.807) is 21.0 Å². The molecule has 0 heterocycles. The van der Waals surface area contributed by atoms with Crippen LogP contribution in [0.2, 0.25) is 0 Å². The van der Waals surface area contributed by atoms with E-state index in [0.717, 1.165) is 0 Å². The average Bonchev–Trinajstić information content (AvgIpc) is 2.04. The summed E-state index contributed by atoms with van der Waals surface area (Å²) in [6.07, 6.45) is 0.203. The minimum atomic E-state index is -2.92. The number of hydrogen-bond donors (Lipinski definition) is 0. The maximum Gasteiger partial charge on any atom is 0.333 e. The molecule has 13 heavy (non-hydrogen) atoms. The molecule has 0 saturated carbocycles. The van der Waals surface area contributed by atoms with Crippen molar-refractivity contribution in [3.63, 3.8) is 0 Å². The van der Waals surface area contributed by atoms with Gasteiger partial charge in [0.1, 0.15) is 0 Å². The van der Waals surface area contributed by atoms with Crippen LogP contribution in [0.25, 0.3) is 0 Å². The summed E-state index contributed by atoms with van der Waals surface area (Å²) in [6.45, 7) is 6.22. The first-order valence-corrected chi connectivity index (χ1v) is 6.21. The highest BCUT2D eigenvalue weighted by molar-refractivity contribution is 7.53. The van der Waals surface area contributed by atoms with Gasteiger partial charge in [0.25, 0.3) is 0 Å². The van der Waals surface area contributed by atoms with Gasteiger partial charge in [0.2, 0.25) is 0 Å². The van der Waals surface area contributed by atoms with Crippen molar-refractivity contribution in [2.75, 3.05) is 26.5 Å². The predicted molar refractivity (Wildman–Crippen MR) is 52.2 cm³/mol. The SMILES string of the molecule is CCOP(=O)(CC(C)OC)OCC. The standard InChI is InChI=1S/C8H19O4P/c1-5-11-13(9,12-6-2)7-8(3)10-4/h8H,5-7H2,1-4H3. The predicted octanol–water partition coefficient (Wildman–Crippen LogP) is 2.29. The molecular formula is C8H19O4P. The van der Waals surface area contributed by atoms with Crippen LogP contribution in [0.5, 0.6) is 0 Å². The molecule has 0 rings (SSSR count). The fourth-order valence-corrected chi connectivity index (χ4v) is 2.78. The number of ether oxygens (including phenoxy) is 1. The lowest BCUT2D eigenvalue weighted by Crippen LogP contribution is -2.14. The summed E-state index contributed by atoms with van der Waals surface area (Å²) in [5, 5.41) is 0. The number of hydrogen-bond acceptors (Lipinski definition) is 4. The van der Waals surface area contributed by atoms with E-state index < -0.39 is 7.60 Å². The van der Waals surface area contributed by atoms with Crippen LogP contribution < -0.4 is 0 Å². The van der Waals surface area contributed by atoms with Gasteiger partial charge in [-0.15, -0.1) is 0 Å². The van der Waals surface area contributed by atoms with E-state index in [1.807, 2.05) is 6.92 Å². The van der Waals surface area contributed by atoms with Crippen molar-refractivity contribution in [2.45, 2.75) is 26.9 Å². The molecule has 0 aliphatic heterocycles. The van der Waals surface area contributed by atoms with Gasteiger partial charge < -0.3 is 13.8 Å². The van der Waals surface area contributed by atoms with E-state index >= 15 is 0 Å². The van der Waals surface area contributed by atoms with Crippen molar-refractivity contribution in [3.05, 3.63) is 0 Å². The van der Waals surface area contributed by atoms with Crippen molar-refractivity contribution >= 4 is 7.60 Å². The second-order valence-corrected chi connectivity index (χ2v) is 4.78. The van der Waals surface area contributed by atoms with E-state index in [4.69, 9.17) is 13.8 Å². The van der Waals surface area contributed by atoms with Gasteiger partial charge in [0, 0.05) is 7.11 Å². The van der Waals surface area contributed by atoms with Gasteiger partial charge in [0.05, 0.1) is 25.5 Å². The lowest BCUT2D eigenvalue weighted by atomic mass is 10.5. The zero-order valence-electron chi connectivity index (χ0n) is 8.78. The smallest absolute Gasteiger partial charge is 0.333 e. The third-order valence-electron chi connectivity index (χ3n) is 1.53. The Balaban J connectivity index is 4.14. The molecule has 0 aliphatic carbocycles. The first kappa shape index (κ1) is 13.1. The van der Waals surface area contributed by atoms with Crippen molar-refractivity contribution in [1.29, 1.82) is 0 Å². The first-order valence-electron chi connectivity index (χ1n) is 4.49. The van der Waals surface area contributed by atoms with Gasteiger partial charge in [0.15, 0.2) is 0 Å². The van der Waals surface area contributed by atoms with E-state index in [0.29, 0.717) is 19.4 Å². The minimum absolute atomic E-state index is 0.107. The lowest BCUT2D eigenvalue weighted by Gasteiger charge is -2.19. The van der Waals surface area contributed by atoms with E-state index in [1.165, 1.54) is 0 Å². The molecule has 0 aromatic rings. The van der Waals surface area contributed by atoms with Crippen LogP contribution in [-0.2, 0) is 18.3 Å². The Bertz CT molecular complexity index is 162. The summed E-state index contributed by atoms with van der Waals surface area (Å²) in [4.78, 5) is 0. The second-order valence-electron chi connectivity index (χ2n) is 2.68. The molecule has 4 nitrogen and oxygen atoms in total. The topological polar surface area (TPSA) is 44.8 Å². The lowest BCUT2D eigenvalue weighted by molar-refractivity contribution is 0.124. The Labute approximate surface area is 80.1 Å². The summed E-state index contributed by atoms with van der Waals surface area (Å²) in [5.41, 5.74) is 0. The summed E-state index contributed by atoms with van der Waals surface area (Å²) in [7, 11) is -1.34. The first-order chi connectivity index (χ1) is 6.08. The van der Waals surface area contributed by atoms with Crippen LogP contribution >= 0.6 is 7.60 Å². The highest BCUT2D eigenvalue weighted by atomic mass is 31.2. The van der Waals surface area contributed by atoms with Crippen molar-refractivity contribution in [1.82, 2.24) is 0 Å². The third kappa shape index (κ3) is 5.42. The Morgan fingerprint density at radius 1 is 1.23 bits per heavy atom. The van der Waals surface area contributed by atoms with Gasteiger partial charge >= 0.3 is 7.60 Å². The number of methoxy groups -OCH3 is 1. The summed E-state index contributed by atoms with van der Waals surface area (Å²) >= 11 is 0. The Hall–Kier alpha value is 0.110. The zero-order valence-corrected chi connectivity index (χ0v) is 9.67. The van der Waals surface area contributed by atoms with Gasteiger partial charge in [-0.2, -0.15) is 0 Å². The molecule has 0 N–H and O–H groups in total. The molecule has 80 valence electrons. The fourth-order valence-electron chi connectivity index (χ4n) is 0.925. The van der Waals surface area contributed by atoms with Gasteiger partial charge in [-0.3, -0.25) is 4.57 Å². The molecule has 0 aromatic carbocycles. The van der Waals surface area contributed by atoms with Gasteiger partial charge in [-0.1, -0.05) is 0 Å². The number of rotatable bonds is 7. The van der Waals surface area contributed by atoms with Crippen LogP contribution in [-0.4, -0.2) is 32.6 Å². The van der Waals surface area contributed by atoms with Crippen molar-refractivity contribution in [2.24, 2.45) is 0 Å². The largest absolute Gasteiger partial charge is 0.381 e. The quantitative estimate of drug-likeness (QED) is 0.605. The van der Waals surface area contributed by atoms with Crippen LogP contribution in [0.15, 0.2) is 0 Å². The molecule has 0 aromatic heterocycles. The molecule has 0 aliphatic rings. The van der Waals surface area contributed by atoms with Crippen LogP contribution in [0.3, 0.4) is 0 Å². The van der Waals surface area contributed by atoms with E-state index in [2.05, 4.69) is 0 Å². The Morgan fingerprint density at radius 3 is 2.00 bits per heavy atom. The van der Waals surface area contributed by atoms with Crippen molar-refractivity contribution in [3.8, 4) is 0 Å². The summed E-state index contributed by atoms with van der Waals surface area (Å²) in [5.74, 6) is 0. The molecule has 0 bridgehead atoms. The maximum atomic E-state index is 11.9. The second kappa shape index (κ2) is 6.55. The summed E-state index contributed by atoms with van der Waals surface area (Å²) < 4.78 is 27.1. The zero-order chi connectivity index (χ0) is 10.3. The highest BCUT2D eigenvalue weighted by Gasteiger charge is 2.26. The third-order valence-corrected chi connectivity index (χ3v) is 3.80. The molecule has 1 atom stereocenters. The van der Waals surface area contributed by atoms with E-state index in [-0.39, 0.29) is 6.10 Å². The Kier molecular flexibility index (Phi) is 6.60. The summed E-state index contributed by atoms with van der Waals surface area (Å²) in [6, 6.07) is 0. The highest BCUT2D eigenvalue weighted by Crippen LogP contribution is 2.48. The van der Waals surface area contributed by atoms with Gasteiger partial charge in [-0.25, -0.2) is 0 Å². The molecule has 0 amide bonds. The van der Waals surface area contributed by atoms with E-state index in [9.17, 15) is 4.57 Å². The maximum absolute atomic E-state index is 11.9. The Morgan fingerprint density at radius 2 is 1.69 bits per heavy atom. The molecule has 5 heteroatoms. The molecule has 0 fully saturated rings. The van der Waals surface area contributed by atoms with Gasteiger partial charge in [-0.05, 0) is 20.8 Å². The minimum Gasteiger partial charge on any atom is -0.381 e.